The molecule has 0 spiro atoms. The van der Waals surface area contributed by atoms with Gasteiger partial charge in [-0.15, -0.1) is 0 Å². The van der Waals surface area contributed by atoms with Gasteiger partial charge < -0.3 is 10.8 Å². The summed E-state index contributed by atoms with van der Waals surface area (Å²) in [6, 6.07) is 0. The van der Waals surface area contributed by atoms with Crippen molar-refractivity contribution >= 4 is 11.8 Å². The van der Waals surface area contributed by atoms with Crippen molar-refractivity contribution in [1.82, 2.24) is 0 Å². The first-order chi connectivity index (χ1) is 7.91. The van der Waals surface area contributed by atoms with E-state index < -0.39 is 0 Å². The Labute approximate surface area is 105 Å². The van der Waals surface area contributed by atoms with Crippen molar-refractivity contribution in [3.63, 3.8) is 0 Å². The fourth-order valence-corrected chi connectivity index (χ4v) is 2.41. The number of aliphatic hydroxyl groups excluding tert-OH is 1. The highest BCUT2D eigenvalue weighted by atomic mass is 32.2. The van der Waals surface area contributed by atoms with Gasteiger partial charge in [0.15, 0.2) is 0 Å². The molecule has 96 valence electrons. The molecule has 2 nitrogen and oxygen atoms in total. The van der Waals surface area contributed by atoms with E-state index in [2.05, 4.69) is 0 Å². The minimum atomic E-state index is 0.356. The molecule has 0 bridgehead atoms. The van der Waals surface area contributed by atoms with Crippen LogP contribution >= 0.6 is 11.8 Å². The van der Waals surface area contributed by atoms with E-state index in [0.717, 1.165) is 12.2 Å². The van der Waals surface area contributed by atoms with Crippen LogP contribution in [0.2, 0.25) is 0 Å². The Balaban J connectivity index is 2.88. The highest BCUT2D eigenvalue weighted by molar-refractivity contribution is 7.99. The Kier molecular flexibility index (Phi) is 14.7. The lowest BCUT2D eigenvalue weighted by molar-refractivity contribution is 0.282. The molecule has 0 aliphatic rings. The highest BCUT2D eigenvalue weighted by Crippen LogP contribution is 2.11. The molecule has 0 radical (unpaired) electrons. The van der Waals surface area contributed by atoms with Gasteiger partial charge in [0, 0.05) is 12.4 Å². The van der Waals surface area contributed by atoms with Gasteiger partial charge in [-0.2, -0.15) is 11.8 Å². The maximum Gasteiger partial charge on any atom is 0.0431 e. The van der Waals surface area contributed by atoms with E-state index in [1.54, 1.807) is 6.20 Å². The van der Waals surface area contributed by atoms with Crippen LogP contribution in [0.5, 0.6) is 0 Å². The lowest BCUT2D eigenvalue weighted by atomic mass is 10.1. The second kappa shape index (κ2) is 14.8. The fraction of sp³-hybridized carbons (Fsp3) is 0.846. The third kappa shape index (κ3) is 13.8. The van der Waals surface area contributed by atoms with Gasteiger partial charge in [-0.1, -0.05) is 44.6 Å². The largest absolute Gasteiger partial charge is 0.405 e. The average Bonchev–Trinajstić information content (AvgIpc) is 2.31. The predicted octanol–water partition coefficient (Wildman–Crippen LogP) is 3.31. The van der Waals surface area contributed by atoms with Crippen LogP contribution in [-0.2, 0) is 0 Å². The topological polar surface area (TPSA) is 46.2 Å². The zero-order valence-electron chi connectivity index (χ0n) is 10.4. The number of hydrogen-bond donors (Lipinski definition) is 2. The molecule has 0 saturated heterocycles. The van der Waals surface area contributed by atoms with Crippen LogP contribution in [0.1, 0.15) is 51.4 Å². The number of nitrogens with two attached hydrogens (primary N) is 1. The maximum absolute atomic E-state index is 8.61. The summed E-state index contributed by atoms with van der Waals surface area (Å²) in [6.07, 6.45) is 13.8. The Bertz CT molecular complexity index is 151. The van der Waals surface area contributed by atoms with Crippen molar-refractivity contribution in [2.45, 2.75) is 51.4 Å². The van der Waals surface area contributed by atoms with E-state index in [1.807, 2.05) is 17.8 Å². The molecule has 0 aromatic rings. The van der Waals surface area contributed by atoms with Gasteiger partial charge in [0.05, 0.1) is 0 Å². The van der Waals surface area contributed by atoms with Crippen LogP contribution in [0, 0.1) is 0 Å². The van der Waals surface area contributed by atoms with E-state index >= 15 is 0 Å². The van der Waals surface area contributed by atoms with Crippen LogP contribution in [-0.4, -0.2) is 23.2 Å². The van der Waals surface area contributed by atoms with E-state index in [9.17, 15) is 0 Å². The molecule has 0 fully saturated rings. The first-order valence-corrected chi connectivity index (χ1v) is 7.62. The molecule has 0 saturated carbocycles. The van der Waals surface area contributed by atoms with Gasteiger partial charge in [-0.25, -0.2) is 0 Å². The number of rotatable bonds is 12. The van der Waals surface area contributed by atoms with Crippen molar-refractivity contribution in [2.75, 3.05) is 18.1 Å². The lowest BCUT2D eigenvalue weighted by Gasteiger charge is -2.01. The molecule has 0 aromatic heterocycles. The molecule has 0 amide bonds. The molecule has 3 N–H and O–H groups in total. The standard InChI is InChI=1S/C13H27NOS/c14-10-9-13-16-12-8-6-4-2-1-3-5-7-11-15/h9-10,15H,1-8,11-14H2. The summed E-state index contributed by atoms with van der Waals surface area (Å²) in [7, 11) is 0. The second-order valence-electron chi connectivity index (χ2n) is 4.06. The number of unbranched alkanes of at least 4 members (excludes halogenated alkanes) is 7. The Morgan fingerprint density at radius 1 is 0.875 bits per heavy atom. The molecule has 3 heteroatoms. The summed E-state index contributed by atoms with van der Waals surface area (Å²) in [5.41, 5.74) is 5.25. The summed E-state index contributed by atoms with van der Waals surface area (Å²) in [4.78, 5) is 0. The van der Waals surface area contributed by atoms with Crippen LogP contribution < -0.4 is 5.73 Å². The van der Waals surface area contributed by atoms with E-state index in [0.29, 0.717) is 6.61 Å². The molecule has 0 aliphatic heterocycles. The van der Waals surface area contributed by atoms with Gasteiger partial charge >= 0.3 is 0 Å². The van der Waals surface area contributed by atoms with Crippen molar-refractivity contribution in [3.05, 3.63) is 12.3 Å². The summed E-state index contributed by atoms with van der Waals surface area (Å²) < 4.78 is 0. The fourth-order valence-electron chi connectivity index (χ4n) is 1.58. The molecular weight excluding hydrogens is 218 g/mol. The minimum Gasteiger partial charge on any atom is -0.405 e. The summed E-state index contributed by atoms with van der Waals surface area (Å²) >= 11 is 1.96. The molecule has 0 aliphatic carbocycles. The SMILES string of the molecule is NC=CCSCCCCCCCCCCO. The van der Waals surface area contributed by atoms with Gasteiger partial charge in [0.1, 0.15) is 0 Å². The third-order valence-electron chi connectivity index (χ3n) is 2.55. The molecule has 0 atom stereocenters. The minimum absolute atomic E-state index is 0.356. The number of thioether (sulfide) groups is 1. The zero-order valence-corrected chi connectivity index (χ0v) is 11.2. The van der Waals surface area contributed by atoms with E-state index in [1.165, 1.54) is 50.7 Å². The molecule has 0 aromatic carbocycles. The lowest BCUT2D eigenvalue weighted by Crippen LogP contribution is -1.86. The van der Waals surface area contributed by atoms with E-state index in [-0.39, 0.29) is 0 Å². The Morgan fingerprint density at radius 2 is 1.44 bits per heavy atom. The smallest absolute Gasteiger partial charge is 0.0431 e. The normalized spacial score (nSPS) is 11.3. The molecular formula is C13H27NOS. The van der Waals surface area contributed by atoms with Crippen molar-refractivity contribution < 1.29 is 5.11 Å². The molecule has 0 rings (SSSR count). The van der Waals surface area contributed by atoms with Crippen molar-refractivity contribution in [2.24, 2.45) is 5.73 Å². The first-order valence-electron chi connectivity index (χ1n) is 6.47. The molecule has 16 heavy (non-hydrogen) atoms. The summed E-state index contributed by atoms with van der Waals surface area (Å²) in [5, 5.41) is 8.61. The highest BCUT2D eigenvalue weighted by Gasteiger charge is 1.92. The van der Waals surface area contributed by atoms with Crippen LogP contribution in [0.15, 0.2) is 12.3 Å². The molecule has 0 heterocycles. The van der Waals surface area contributed by atoms with Gasteiger partial charge in [-0.05, 0) is 24.8 Å². The van der Waals surface area contributed by atoms with Crippen LogP contribution in [0.3, 0.4) is 0 Å². The number of hydrogen-bond acceptors (Lipinski definition) is 3. The monoisotopic (exact) mass is 245 g/mol. The third-order valence-corrected chi connectivity index (χ3v) is 3.55. The maximum atomic E-state index is 8.61. The second-order valence-corrected chi connectivity index (χ2v) is 5.20. The zero-order chi connectivity index (χ0) is 11.9. The Hall–Kier alpha value is -0.150. The number of aliphatic hydroxyl groups is 1. The van der Waals surface area contributed by atoms with Gasteiger partial charge in [0.25, 0.3) is 0 Å². The average molecular weight is 245 g/mol. The summed E-state index contributed by atoms with van der Waals surface area (Å²) in [5.74, 6) is 2.31. The van der Waals surface area contributed by atoms with E-state index in [4.69, 9.17) is 10.8 Å². The quantitative estimate of drug-likeness (QED) is 0.519. The van der Waals surface area contributed by atoms with Gasteiger partial charge in [0.2, 0.25) is 0 Å². The Morgan fingerprint density at radius 3 is 2.00 bits per heavy atom. The van der Waals surface area contributed by atoms with Gasteiger partial charge in [-0.3, -0.25) is 0 Å². The van der Waals surface area contributed by atoms with Crippen molar-refractivity contribution in [3.8, 4) is 0 Å². The summed E-state index contributed by atoms with van der Waals surface area (Å²) in [6.45, 7) is 0.356. The van der Waals surface area contributed by atoms with Crippen LogP contribution in [0.4, 0.5) is 0 Å². The van der Waals surface area contributed by atoms with Crippen LogP contribution in [0.25, 0.3) is 0 Å². The first kappa shape index (κ1) is 15.9. The van der Waals surface area contributed by atoms with Crippen molar-refractivity contribution in [1.29, 1.82) is 0 Å². The predicted molar refractivity (Wildman–Crippen MR) is 74.7 cm³/mol. The molecule has 0 unspecified atom stereocenters.